The second-order valence-electron chi connectivity index (χ2n) is 7.48. The molecule has 0 spiro atoms. The van der Waals surface area contributed by atoms with E-state index in [1.54, 1.807) is 0 Å². The SMILES string of the molecule is O=C(NCc1c(F)cc(F)cc1F)c1cnc2c(c1)N(Cc1cc(F)cc(F)c1)C(=O)CC2. The molecular weight excluding hydrogens is 445 g/mol. The van der Waals surface area contributed by atoms with Crippen molar-refractivity contribution in [1.29, 1.82) is 0 Å². The Kier molecular flexibility index (Phi) is 6.08. The second-order valence-corrected chi connectivity index (χ2v) is 7.48. The van der Waals surface area contributed by atoms with Crippen LogP contribution in [0.1, 0.15) is 33.6 Å². The van der Waals surface area contributed by atoms with Crippen LogP contribution in [0, 0.1) is 29.1 Å². The van der Waals surface area contributed by atoms with Crippen molar-refractivity contribution < 1.29 is 31.5 Å². The summed E-state index contributed by atoms with van der Waals surface area (Å²) in [5.74, 6) is -6.00. The van der Waals surface area contributed by atoms with E-state index >= 15 is 0 Å². The van der Waals surface area contributed by atoms with Gasteiger partial charge < -0.3 is 10.2 Å². The molecule has 0 radical (unpaired) electrons. The number of rotatable bonds is 5. The van der Waals surface area contributed by atoms with E-state index in [1.165, 1.54) is 17.2 Å². The van der Waals surface area contributed by atoms with Crippen molar-refractivity contribution in [3.8, 4) is 0 Å². The molecule has 0 saturated carbocycles. The molecule has 0 bridgehead atoms. The Labute approximate surface area is 184 Å². The molecule has 0 aliphatic carbocycles. The molecule has 1 N–H and O–H groups in total. The summed E-state index contributed by atoms with van der Waals surface area (Å²) >= 11 is 0. The Morgan fingerprint density at radius 2 is 1.55 bits per heavy atom. The molecule has 4 rings (SSSR count). The molecule has 10 heteroatoms. The number of hydrogen-bond acceptors (Lipinski definition) is 3. The van der Waals surface area contributed by atoms with Crippen LogP contribution in [0.3, 0.4) is 0 Å². The number of carbonyl (C=O) groups excluding carboxylic acids is 2. The first kappa shape index (κ1) is 22.4. The van der Waals surface area contributed by atoms with E-state index in [1.807, 2.05) is 0 Å². The number of pyridine rings is 1. The van der Waals surface area contributed by atoms with Crippen LogP contribution in [-0.4, -0.2) is 16.8 Å². The summed E-state index contributed by atoms with van der Waals surface area (Å²) in [6, 6.07) is 5.29. The maximum absolute atomic E-state index is 13.8. The lowest BCUT2D eigenvalue weighted by Crippen LogP contribution is -2.35. The Morgan fingerprint density at radius 3 is 2.21 bits per heavy atom. The van der Waals surface area contributed by atoms with E-state index < -0.39 is 47.1 Å². The third-order valence-electron chi connectivity index (χ3n) is 5.17. The molecule has 0 saturated heterocycles. The summed E-state index contributed by atoms with van der Waals surface area (Å²) in [6.07, 6.45) is 1.70. The van der Waals surface area contributed by atoms with Gasteiger partial charge in [0.1, 0.15) is 29.1 Å². The molecule has 1 aromatic heterocycles. The molecular formula is C23H16F5N3O2. The molecule has 0 unspecified atom stereocenters. The van der Waals surface area contributed by atoms with Gasteiger partial charge in [0.25, 0.3) is 5.91 Å². The lowest BCUT2D eigenvalue weighted by atomic mass is 10.0. The molecule has 1 aliphatic heterocycles. The summed E-state index contributed by atoms with van der Waals surface area (Å²) in [6.45, 7) is -0.682. The summed E-state index contributed by atoms with van der Waals surface area (Å²) in [4.78, 5) is 30.6. The predicted molar refractivity (Wildman–Crippen MR) is 108 cm³/mol. The number of amides is 2. The predicted octanol–water partition coefficient (Wildman–Crippen LogP) is 4.19. The van der Waals surface area contributed by atoms with Gasteiger partial charge in [-0.2, -0.15) is 0 Å². The average Bonchev–Trinajstić information content (AvgIpc) is 2.74. The van der Waals surface area contributed by atoms with Crippen LogP contribution in [0.25, 0.3) is 0 Å². The number of halogens is 5. The summed E-state index contributed by atoms with van der Waals surface area (Å²) in [5.41, 5.74) is 0.509. The minimum absolute atomic E-state index is 0.00167. The van der Waals surface area contributed by atoms with E-state index in [2.05, 4.69) is 10.3 Å². The Balaban J connectivity index is 1.57. The maximum Gasteiger partial charge on any atom is 0.253 e. The van der Waals surface area contributed by atoms with Gasteiger partial charge in [-0.3, -0.25) is 14.6 Å². The van der Waals surface area contributed by atoms with E-state index in [9.17, 15) is 31.5 Å². The average molecular weight is 461 g/mol. The van der Waals surface area contributed by atoms with Gasteiger partial charge in [-0.05, 0) is 23.8 Å². The van der Waals surface area contributed by atoms with Gasteiger partial charge in [0, 0.05) is 49.3 Å². The highest BCUT2D eigenvalue weighted by molar-refractivity contribution is 5.99. The van der Waals surface area contributed by atoms with Crippen LogP contribution in [0.4, 0.5) is 27.6 Å². The second kappa shape index (κ2) is 8.97. The summed E-state index contributed by atoms with van der Waals surface area (Å²) in [7, 11) is 0. The minimum atomic E-state index is -1.14. The lowest BCUT2D eigenvalue weighted by Gasteiger charge is -2.29. The lowest BCUT2D eigenvalue weighted by molar-refractivity contribution is -0.119. The minimum Gasteiger partial charge on any atom is -0.348 e. The van der Waals surface area contributed by atoms with Crippen molar-refractivity contribution in [3.63, 3.8) is 0 Å². The Bertz CT molecular complexity index is 1220. The van der Waals surface area contributed by atoms with Crippen LogP contribution in [0.5, 0.6) is 0 Å². The smallest absolute Gasteiger partial charge is 0.253 e. The molecule has 2 aromatic carbocycles. The van der Waals surface area contributed by atoms with Gasteiger partial charge >= 0.3 is 0 Å². The highest BCUT2D eigenvalue weighted by Gasteiger charge is 2.27. The number of aromatic nitrogens is 1. The van der Waals surface area contributed by atoms with Crippen LogP contribution >= 0.6 is 0 Å². The number of aryl methyl sites for hydroxylation is 1. The zero-order valence-electron chi connectivity index (χ0n) is 17.0. The fourth-order valence-electron chi connectivity index (χ4n) is 3.60. The summed E-state index contributed by atoms with van der Waals surface area (Å²) < 4.78 is 67.8. The third-order valence-corrected chi connectivity index (χ3v) is 5.17. The number of benzene rings is 2. The van der Waals surface area contributed by atoms with Crippen molar-refractivity contribution in [2.45, 2.75) is 25.9 Å². The van der Waals surface area contributed by atoms with E-state index in [4.69, 9.17) is 0 Å². The first-order valence-electron chi connectivity index (χ1n) is 9.87. The van der Waals surface area contributed by atoms with Crippen molar-refractivity contribution in [1.82, 2.24) is 10.3 Å². The molecule has 5 nitrogen and oxygen atoms in total. The monoisotopic (exact) mass is 461 g/mol. The van der Waals surface area contributed by atoms with Crippen molar-refractivity contribution in [2.24, 2.45) is 0 Å². The highest BCUT2D eigenvalue weighted by atomic mass is 19.2. The highest BCUT2D eigenvalue weighted by Crippen LogP contribution is 2.29. The zero-order valence-corrected chi connectivity index (χ0v) is 17.0. The van der Waals surface area contributed by atoms with Crippen LogP contribution in [0.15, 0.2) is 42.6 Å². The van der Waals surface area contributed by atoms with Crippen LogP contribution in [0.2, 0.25) is 0 Å². The quantitative estimate of drug-likeness (QED) is 0.580. The molecule has 170 valence electrons. The van der Waals surface area contributed by atoms with Gasteiger partial charge in [-0.1, -0.05) is 0 Å². The van der Waals surface area contributed by atoms with Gasteiger partial charge in [-0.25, -0.2) is 22.0 Å². The fraction of sp³-hybridized carbons (Fsp3) is 0.174. The molecule has 1 aliphatic rings. The molecule has 0 fully saturated rings. The molecule has 0 atom stereocenters. The number of nitrogens with zero attached hydrogens (tertiary/aromatic N) is 2. The first-order valence-corrected chi connectivity index (χ1v) is 9.87. The first-order chi connectivity index (χ1) is 15.7. The van der Waals surface area contributed by atoms with E-state index in [-0.39, 0.29) is 30.0 Å². The molecule has 2 amide bonds. The topological polar surface area (TPSA) is 62.3 Å². The normalized spacial score (nSPS) is 13.1. The van der Waals surface area contributed by atoms with Gasteiger partial charge in [0.15, 0.2) is 0 Å². The number of nitrogens with one attached hydrogen (secondary N) is 1. The standard InChI is InChI=1S/C23H16F5N3O2/c24-14-3-12(4-15(25)6-14)11-31-21-5-13(9-29-20(21)1-2-22(31)32)23(33)30-10-17-18(27)7-16(26)8-19(17)28/h3-9H,1-2,10-11H2,(H,30,33). The summed E-state index contributed by atoms with van der Waals surface area (Å²) in [5, 5.41) is 2.33. The maximum atomic E-state index is 13.8. The Hall–Kier alpha value is -3.82. The number of carbonyl (C=O) groups is 2. The van der Waals surface area contributed by atoms with Crippen molar-refractivity contribution >= 4 is 17.5 Å². The van der Waals surface area contributed by atoms with Gasteiger partial charge in [-0.15, -0.1) is 0 Å². The van der Waals surface area contributed by atoms with Crippen LogP contribution in [-0.2, 0) is 24.3 Å². The number of fused-ring (bicyclic) bond motifs is 1. The zero-order chi connectivity index (χ0) is 23.7. The molecule has 3 aromatic rings. The molecule has 33 heavy (non-hydrogen) atoms. The number of anilines is 1. The van der Waals surface area contributed by atoms with Crippen molar-refractivity contribution in [2.75, 3.05) is 4.90 Å². The van der Waals surface area contributed by atoms with Crippen molar-refractivity contribution in [3.05, 3.63) is 94.1 Å². The van der Waals surface area contributed by atoms with Crippen LogP contribution < -0.4 is 10.2 Å². The Morgan fingerprint density at radius 1 is 0.909 bits per heavy atom. The van der Waals surface area contributed by atoms with E-state index in [0.717, 1.165) is 12.1 Å². The fourth-order valence-corrected chi connectivity index (χ4v) is 3.60. The van der Waals surface area contributed by atoms with E-state index in [0.29, 0.717) is 36.0 Å². The number of hydrogen-bond donors (Lipinski definition) is 1. The van der Waals surface area contributed by atoms with Gasteiger partial charge in [0.05, 0.1) is 23.5 Å². The third kappa shape index (κ3) is 4.84. The molecule has 2 heterocycles. The largest absolute Gasteiger partial charge is 0.348 e. The van der Waals surface area contributed by atoms with Gasteiger partial charge in [0.2, 0.25) is 5.91 Å².